The summed E-state index contributed by atoms with van der Waals surface area (Å²) in [5.74, 6) is 0.680. The lowest BCUT2D eigenvalue weighted by atomic mass is 10.2. The fraction of sp³-hybridized carbons (Fsp3) is 0.389. The summed E-state index contributed by atoms with van der Waals surface area (Å²) in [5.41, 5.74) is 1.14. The lowest BCUT2D eigenvalue weighted by molar-refractivity contribution is 0.539. The van der Waals surface area contributed by atoms with Crippen LogP contribution in [0.3, 0.4) is 0 Å². The number of nitrogens with one attached hydrogen (secondary N) is 1. The number of aromatic nitrogens is 4. The van der Waals surface area contributed by atoms with Crippen molar-refractivity contribution < 1.29 is 0 Å². The first-order valence-corrected chi connectivity index (χ1v) is 8.40. The summed E-state index contributed by atoms with van der Waals surface area (Å²) in [6.07, 6.45) is 0.847. The number of nitrogens with zero attached hydrogens (tertiary/aromatic N) is 4. The number of rotatable bonds is 5. The monoisotopic (exact) mass is 341 g/mol. The van der Waals surface area contributed by atoms with Gasteiger partial charge in [-0.1, -0.05) is 37.3 Å². The van der Waals surface area contributed by atoms with Gasteiger partial charge in [0.2, 0.25) is 5.95 Å². The summed E-state index contributed by atoms with van der Waals surface area (Å²) in [7, 11) is 3.56. The second kappa shape index (κ2) is 6.58. The molecule has 3 aromatic rings. The van der Waals surface area contributed by atoms with E-state index in [2.05, 4.69) is 29.0 Å². The van der Waals surface area contributed by atoms with Gasteiger partial charge in [-0.25, -0.2) is 4.79 Å². The van der Waals surface area contributed by atoms with Crippen LogP contribution in [0.2, 0.25) is 0 Å². The minimum Gasteiger partial charge on any atom is -0.341 e. The van der Waals surface area contributed by atoms with Gasteiger partial charge in [-0.3, -0.25) is 14.3 Å². The molecule has 3 rings (SSSR count). The first-order chi connectivity index (χ1) is 11.9. The maximum atomic E-state index is 12.4. The van der Waals surface area contributed by atoms with E-state index < -0.39 is 11.2 Å². The van der Waals surface area contributed by atoms with Crippen LogP contribution in [0.4, 0.5) is 5.95 Å². The fourth-order valence-corrected chi connectivity index (χ4v) is 2.99. The third-order valence-corrected chi connectivity index (χ3v) is 4.57. The van der Waals surface area contributed by atoms with Crippen molar-refractivity contribution in [3.05, 3.63) is 56.7 Å². The van der Waals surface area contributed by atoms with Crippen molar-refractivity contribution in [2.45, 2.75) is 32.9 Å². The third-order valence-electron chi connectivity index (χ3n) is 4.57. The van der Waals surface area contributed by atoms with Gasteiger partial charge in [-0.15, -0.1) is 0 Å². The average molecular weight is 341 g/mol. The highest BCUT2D eigenvalue weighted by atomic mass is 16.2. The summed E-state index contributed by atoms with van der Waals surface area (Å²) >= 11 is 0. The maximum absolute atomic E-state index is 12.4. The summed E-state index contributed by atoms with van der Waals surface area (Å²) in [4.78, 5) is 33.4. The zero-order chi connectivity index (χ0) is 18.1. The molecule has 0 spiro atoms. The number of hydrogen-bond acceptors (Lipinski definition) is 4. The summed E-state index contributed by atoms with van der Waals surface area (Å²) in [6, 6.07) is 10.2. The van der Waals surface area contributed by atoms with Crippen LogP contribution < -0.4 is 16.1 Å². The molecular formula is C18H23N5O2. The second-order valence-electron chi connectivity index (χ2n) is 6.37. The van der Waals surface area contributed by atoms with Crippen molar-refractivity contribution >= 4 is 17.1 Å². The van der Waals surface area contributed by atoms with Gasteiger partial charge in [0.1, 0.15) is 0 Å². The molecule has 0 aliphatic heterocycles. The van der Waals surface area contributed by atoms with Crippen LogP contribution in [0.5, 0.6) is 0 Å². The highest BCUT2D eigenvalue weighted by Crippen LogP contribution is 2.26. The molecule has 0 saturated carbocycles. The normalized spacial score (nSPS) is 12.5. The van der Waals surface area contributed by atoms with E-state index in [4.69, 9.17) is 0 Å². The molecule has 0 bridgehead atoms. The quantitative estimate of drug-likeness (QED) is 0.770. The molecule has 0 saturated heterocycles. The number of hydrogen-bond donors (Lipinski definition) is 1. The smallest absolute Gasteiger partial charge is 0.329 e. The first kappa shape index (κ1) is 17.0. The lowest BCUT2D eigenvalue weighted by Crippen LogP contribution is -2.29. The van der Waals surface area contributed by atoms with E-state index in [1.165, 1.54) is 4.57 Å². The molecule has 7 heteroatoms. The largest absolute Gasteiger partial charge is 0.341 e. The summed E-state index contributed by atoms with van der Waals surface area (Å²) < 4.78 is 3.31. The number of imidazole rings is 1. The number of benzene rings is 1. The van der Waals surface area contributed by atoms with E-state index in [-0.39, 0.29) is 6.04 Å². The van der Waals surface area contributed by atoms with Crippen LogP contribution in [0.15, 0.2) is 39.9 Å². The third kappa shape index (κ3) is 2.97. The fourth-order valence-electron chi connectivity index (χ4n) is 2.99. The lowest BCUT2D eigenvalue weighted by Gasteiger charge is -2.22. The van der Waals surface area contributed by atoms with E-state index >= 15 is 0 Å². The Bertz CT molecular complexity index is 1000. The van der Waals surface area contributed by atoms with Crippen molar-refractivity contribution in [1.82, 2.24) is 19.1 Å². The zero-order valence-electron chi connectivity index (χ0n) is 15.0. The molecule has 0 fully saturated rings. The average Bonchev–Trinajstić information content (AvgIpc) is 3.01. The number of fused-ring (bicyclic) bond motifs is 1. The molecule has 0 aliphatic rings. The molecule has 2 aromatic heterocycles. The molecule has 1 N–H and O–H groups in total. The van der Waals surface area contributed by atoms with Gasteiger partial charge in [0.15, 0.2) is 11.2 Å². The number of aromatic amines is 1. The molecule has 0 amide bonds. The highest BCUT2D eigenvalue weighted by molar-refractivity contribution is 5.74. The molecule has 132 valence electrons. The van der Waals surface area contributed by atoms with E-state index in [9.17, 15) is 9.59 Å². The Kier molecular flexibility index (Phi) is 4.48. The van der Waals surface area contributed by atoms with Crippen LogP contribution in [0.25, 0.3) is 11.2 Å². The minimum absolute atomic E-state index is 0.0804. The molecular weight excluding hydrogens is 318 g/mol. The standard InChI is InChI=1S/C18H23N5O2/c1-5-12(2)23-14-15(22(4)18(25)20-16(14)24)19-17(23)21(3)11-13-9-7-6-8-10-13/h6-10,12H,5,11H2,1-4H3,(H,20,24,25). The van der Waals surface area contributed by atoms with Gasteiger partial charge in [0.25, 0.3) is 5.56 Å². The predicted molar refractivity (Wildman–Crippen MR) is 99.1 cm³/mol. The summed E-state index contributed by atoms with van der Waals surface area (Å²) in [6.45, 7) is 4.77. The number of aryl methyl sites for hydroxylation is 1. The van der Waals surface area contributed by atoms with E-state index in [0.29, 0.717) is 23.7 Å². The Morgan fingerprint density at radius 2 is 1.92 bits per heavy atom. The predicted octanol–water partition coefficient (Wildman–Crippen LogP) is 2.03. The Hall–Kier alpha value is -2.83. The number of anilines is 1. The minimum atomic E-state index is -0.455. The Balaban J connectivity index is 2.20. The molecule has 2 heterocycles. The van der Waals surface area contributed by atoms with Crippen molar-refractivity contribution in [1.29, 1.82) is 0 Å². The SMILES string of the molecule is CCC(C)n1c(N(C)Cc2ccccc2)nc2c1c(=O)[nH]c(=O)n2C. The number of H-pyrrole nitrogens is 1. The molecule has 1 atom stereocenters. The van der Waals surface area contributed by atoms with E-state index in [0.717, 1.165) is 12.0 Å². The van der Waals surface area contributed by atoms with Crippen molar-refractivity contribution in [2.24, 2.45) is 7.05 Å². The van der Waals surface area contributed by atoms with E-state index in [1.54, 1.807) is 7.05 Å². The summed E-state index contributed by atoms with van der Waals surface area (Å²) in [5, 5.41) is 0. The molecule has 7 nitrogen and oxygen atoms in total. The molecule has 0 radical (unpaired) electrons. The zero-order valence-corrected chi connectivity index (χ0v) is 15.0. The van der Waals surface area contributed by atoms with Crippen molar-refractivity contribution in [3.63, 3.8) is 0 Å². The molecule has 1 unspecified atom stereocenters. The van der Waals surface area contributed by atoms with Crippen LogP contribution >= 0.6 is 0 Å². The molecule has 25 heavy (non-hydrogen) atoms. The van der Waals surface area contributed by atoms with Crippen LogP contribution in [-0.2, 0) is 13.6 Å². The maximum Gasteiger partial charge on any atom is 0.329 e. The van der Waals surface area contributed by atoms with Gasteiger partial charge in [-0.2, -0.15) is 4.98 Å². The van der Waals surface area contributed by atoms with Crippen LogP contribution in [0.1, 0.15) is 31.9 Å². The first-order valence-electron chi connectivity index (χ1n) is 8.40. The van der Waals surface area contributed by atoms with Crippen LogP contribution in [0, 0.1) is 0 Å². The van der Waals surface area contributed by atoms with Gasteiger partial charge >= 0.3 is 5.69 Å². The molecule has 0 aliphatic carbocycles. The topological polar surface area (TPSA) is 75.9 Å². The van der Waals surface area contributed by atoms with Gasteiger partial charge in [-0.05, 0) is 18.9 Å². The Morgan fingerprint density at radius 3 is 2.56 bits per heavy atom. The van der Waals surface area contributed by atoms with Gasteiger partial charge < -0.3 is 9.47 Å². The van der Waals surface area contributed by atoms with Gasteiger partial charge in [0.05, 0.1) is 0 Å². The van der Waals surface area contributed by atoms with Crippen LogP contribution in [-0.4, -0.2) is 26.1 Å². The van der Waals surface area contributed by atoms with Gasteiger partial charge in [0, 0.05) is 26.7 Å². The molecule has 1 aromatic carbocycles. The van der Waals surface area contributed by atoms with E-state index in [1.807, 2.05) is 41.6 Å². The second-order valence-corrected chi connectivity index (χ2v) is 6.37. The van der Waals surface area contributed by atoms with Crippen molar-refractivity contribution in [2.75, 3.05) is 11.9 Å². The Labute approximate surface area is 145 Å². The highest BCUT2D eigenvalue weighted by Gasteiger charge is 2.22. The Morgan fingerprint density at radius 1 is 1.24 bits per heavy atom. The van der Waals surface area contributed by atoms with Crippen molar-refractivity contribution in [3.8, 4) is 0 Å².